The number of phenols is 2. The van der Waals surface area contributed by atoms with Crippen molar-refractivity contribution in [2.45, 2.75) is 19.8 Å². The maximum absolute atomic E-state index is 10.9. The number of ether oxygens (including phenoxy) is 1. The van der Waals surface area contributed by atoms with Gasteiger partial charge in [0.05, 0.1) is 6.61 Å². The van der Waals surface area contributed by atoms with Crippen molar-refractivity contribution in [3.63, 3.8) is 0 Å². The van der Waals surface area contributed by atoms with Gasteiger partial charge in [-0.15, -0.1) is 0 Å². The number of benzene rings is 1. The quantitative estimate of drug-likeness (QED) is 0.527. The molecule has 0 spiro atoms. The van der Waals surface area contributed by atoms with E-state index in [1.54, 1.807) is 0 Å². The molecule has 3 N–H and O–H groups in total. The molecule has 5 nitrogen and oxygen atoms in total. The molecule has 0 bridgehead atoms. The Morgan fingerprint density at radius 1 is 1.38 bits per heavy atom. The smallest absolute Gasteiger partial charge is 0.343 e. The van der Waals surface area contributed by atoms with Gasteiger partial charge in [0.1, 0.15) is 11.3 Å². The van der Waals surface area contributed by atoms with Crippen LogP contribution in [-0.2, 0) is 0 Å². The first-order valence-corrected chi connectivity index (χ1v) is 4.99. The zero-order valence-electron chi connectivity index (χ0n) is 8.93. The monoisotopic (exact) mass is 226 g/mol. The van der Waals surface area contributed by atoms with Crippen molar-refractivity contribution in [2.24, 2.45) is 0 Å². The number of hydrogen-bond donors (Lipinski definition) is 3. The lowest BCUT2D eigenvalue weighted by molar-refractivity contribution is 0.0688. The van der Waals surface area contributed by atoms with Crippen molar-refractivity contribution in [3.8, 4) is 17.2 Å². The van der Waals surface area contributed by atoms with Crippen LogP contribution in [-0.4, -0.2) is 27.9 Å². The lowest BCUT2D eigenvalue weighted by Gasteiger charge is -2.10. The molecule has 5 heteroatoms. The molecule has 0 aliphatic carbocycles. The van der Waals surface area contributed by atoms with Crippen LogP contribution in [0.1, 0.15) is 30.1 Å². The molecular formula is C11H14O5. The molecular weight excluding hydrogens is 212 g/mol. The second-order valence-electron chi connectivity index (χ2n) is 3.31. The van der Waals surface area contributed by atoms with E-state index in [0.717, 1.165) is 12.8 Å². The number of unbranched alkanes of at least 4 members (excludes halogenated alkanes) is 1. The van der Waals surface area contributed by atoms with Gasteiger partial charge in [0.25, 0.3) is 0 Å². The third-order valence-electron chi connectivity index (χ3n) is 2.09. The third kappa shape index (κ3) is 2.56. The van der Waals surface area contributed by atoms with Crippen LogP contribution in [0.4, 0.5) is 0 Å². The number of carbonyl (C=O) groups is 1. The summed E-state index contributed by atoms with van der Waals surface area (Å²) in [7, 11) is 0. The Labute approximate surface area is 92.9 Å². The maximum atomic E-state index is 10.9. The molecule has 0 atom stereocenters. The lowest BCUT2D eigenvalue weighted by Crippen LogP contribution is -2.04. The minimum atomic E-state index is -1.33. The third-order valence-corrected chi connectivity index (χ3v) is 2.09. The normalized spacial score (nSPS) is 10.1. The van der Waals surface area contributed by atoms with E-state index in [1.807, 2.05) is 6.92 Å². The lowest BCUT2D eigenvalue weighted by atomic mass is 10.1. The highest BCUT2D eigenvalue weighted by Crippen LogP contribution is 2.35. The summed E-state index contributed by atoms with van der Waals surface area (Å²) in [6, 6.07) is 2.53. The van der Waals surface area contributed by atoms with E-state index in [1.165, 1.54) is 12.1 Å². The molecule has 0 aliphatic heterocycles. The molecule has 0 fully saturated rings. The first kappa shape index (κ1) is 12.2. The van der Waals surface area contributed by atoms with E-state index < -0.39 is 23.0 Å². The predicted molar refractivity (Wildman–Crippen MR) is 57.1 cm³/mol. The number of aromatic hydroxyl groups is 2. The Kier molecular flexibility index (Phi) is 3.99. The standard InChI is InChI=1S/C11H14O5/c1-2-3-6-16-8-5-4-7(12)10(13)9(8)11(14)15/h4-5,12-13H,2-3,6H2,1H3,(H,14,15). The second-order valence-corrected chi connectivity index (χ2v) is 3.31. The number of phenolic OH excluding ortho intramolecular Hbond substituents is 1. The summed E-state index contributed by atoms with van der Waals surface area (Å²) in [5.74, 6) is -2.40. The van der Waals surface area contributed by atoms with Gasteiger partial charge in [-0.25, -0.2) is 4.79 Å². The number of rotatable bonds is 5. The first-order valence-electron chi connectivity index (χ1n) is 4.99. The highest BCUT2D eigenvalue weighted by atomic mass is 16.5. The van der Waals surface area contributed by atoms with E-state index in [-0.39, 0.29) is 5.75 Å². The topological polar surface area (TPSA) is 87.0 Å². The van der Waals surface area contributed by atoms with Crippen LogP contribution >= 0.6 is 0 Å². The van der Waals surface area contributed by atoms with Crippen molar-refractivity contribution in [2.75, 3.05) is 6.61 Å². The molecule has 16 heavy (non-hydrogen) atoms. The molecule has 1 aromatic rings. The van der Waals surface area contributed by atoms with Gasteiger partial charge in [-0.1, -0.05) is 13.3 Å². The molecule has 88 valence electrons. The molecule has 0 saturated heterocycles. The number of carboxylic acids is 1. The summed E-state index contributed by atoms with van der Waals surface area (Å²) in [6.45, 7) is 2.36. The van der Waals surface area contributed by atoms with E-state index in [4.69, 9.17) is 9.84 Å². The van der Waals surface area contributed by atoms with Gasteiger partial charge in [0, 0.05) is 0 Å². The highest BCUT2D eigenvalue weighted by Gasteiger charge is 2.19. The predicted octanol–water partition coefficient (Wildman–Crippen LogP) is 1.97. The summed E-state index contributed by atoms with van der Waals surface area (Å²) in [5.41, 5.74) is -0.406. The zero-order chi connectivity index (χ0) is 12.1. The molecule has 0 aromatic heterocycles. The fourth-order valence-corrected chi connectivity index (χ4v) is 1.22. The Morgan fingerprint density at radius 2 is 2.06 bits per heavy atom. The maximum Gasteiger partial charge on any atom is 0.343 e. The van der Waals surface area contributed by atoms with Crippen LogP contribution < -0.4 is 4.74 Å². The largest absolute Gasteiger partial charge is 0.504 e. The van der Waals surface area contributed by atoms with E-state index >= 15 is 0 Å². The van der Waals surface area contributed by atoms with Crippen LogP contribution in [0.3, 0.4) is 0 Å². The number of carboxylic acid groups (broad SMARTS) is 1. The van der Waals surface area contributed by atoms with Gasteiger partial charge in [0.15, 0.2) is 11.5 Å². The highest BCUT2D eigenvalue weighted by molar-refractivity contribution is 5.95. The van der Waals surface area contributed by atoms with E-state index in [0.29, 0.717) is 6.61 Å². The van der Waals surface area contributed by atoms with E-state index in [9.17, 15) is 15.0 Å². The number of hydrogen-bond acceptors (Lipinski definition) is 4. The summed E-state index contributed by atoms with van der Waals surface area (Å²) >= 11 is 0. The van der Waals surface area contributed by atoms with Gasteiger partial charge in [-0.05, 0) is 18.6 Å². The Morgan fingerprint density at radius 3 is 2.62 bits per heavy atom. The fraction of sp³-hybridized carbons (Fsp3) is 0.364. The Balaban J connectivity index is 2.99. The van der Waals surface area contributed by atoms with Crippen molar-refractivity contribution in [1.82, 2.24) is 0 Å². The van der Waals surface area contributed by atoms with Gasteiger partial charge in [-0.3, -0.25) is 0 Å². The van der Waals surface area contributed by atoms with Crippen molar-refractivity contribution < 1.29 is 24.9 Å². The van der Waals surface area contributed by atoms with Gasteiger partial charge in [-0.2, -0.15) is 0 Å². The summed E-state index contributed by atoms with van der Waals surface area (Å²) in [6.07, 6.45) is 1.72. The average molecular weight is 226 g/mol. The van der Waals surface area contributed by atoms with Crippen LogP contribution in [0.5, 0.6) is 17.2 Å². The van der Waals surface area contributed by atoms with E-state index in [2.05, 4.69) is 0 Å². The molecule has 0 saturated carbocycles. The van der Waals surface area contributed by atoms with Crippen molar-refractivity contribution in [1.29, 1.82) is 0 Å². The first-order chi connectivity index (χ1) is 7.57. The van der Waals surface area contributed by atoms with Gasteiger partial charge in [0.2, 0.25) is 0 Å². The summed E-state index contributed by atoms with van der Waals surface area (Å²) in [4.78, 5) is 10.9. The molecule has 0 unspecified atom stereocenters. The molecule has 0 aliphatic rings. The van der Waals surface area contributed by atoms with Crippen molar-refractivity contribution >= 4 is 5.97 Å². The molecule has 0 amide bonds. The molecule has 0 heterocycles. The summed E-state index contributed by atoms with van der Waals surface area (Å²) in [5, 5.41) is 27.4. The minimum Gasteiger partial charge on any atom is -0.504 e. The number of aromatic carboxylic acids is 1. The average Bonchev–Trinajstić information content (AvgIpc) is 2.23. The second kappa shape index (κ2) is 5.25. The summed E-state index contributed by atoms with van der Waals surface area (Å²) < 4.78 is 5.22. The SMILES string of the molecule is CCCCOc1ccc(O)c(O)c1C(=O)O. The fourth-order valence-electron chi connectivity index (χ4n) is 1.22. The van der Waals surface area contributed by atoms with Crippen LogP contribution in [0, 0.1) is 0 Å². The molecule has 1 aromatic carbocycles. The van der Waals surface area contributed by atoms with Crippen LogP contribution in [0.25, 0.3) is 0 Å². The molecule has 0 radical (unpaired) electrons. The van der Waals surface area contributed by atoms with Gasteiger partial charge < -0.3 is 20.1 Å². The Hall–Kier alpha value is -1.91. The molecule has 1 rings (SSSR count). The zero-order valence-corrected chi connectivity index (χ0v) is 8.93. The van der Waals surface area contributed by atoms with Crippen LogP contribution in [0.2, 0.25) is 0 Å². The minimum absolute atomic E-state index is 0.0660. The van der Waals surface area contributed by atoms with Crippen LogP contribution in [0.15, 0.2) is 12.1 Å². The Bertz CT molecular complexity index is 386. The van der Waals surface area contributed by atoms with Gasteiger partial charge >= 0.3 is 5.97 Å². The van der Waals surface area contributed by atoms with Crippen molar-refractivity contribution in [3.05, 3.63) is 17.7 Å².